The van der Waals surface area contributed by atoms with Gasteiger partial charge in [-0.2, -0.15) is 0 Å². The molecule has 0 atom stereocenters. The van der Waals surface area contributed by atoms with E-state index in [2.05, 4.69) is 25.8 Å². The van der Waals surface area contributed by atoms with Gasteiger partial charge in [-0.1, -0.05) is 42.5 Å². The molecule has 1 aliphatic rings. The van der Waals surface area contributed by atoms with Crippen molar-refractivity contribution in [2.45, 2.75) is 25.8 Å². The monoisotopic (exact) mass is 479 g/mol. The lowest BCUT2D eigenvalue weighted by Gasteiger charge is -2.30. The van der Waals surface area contributed by atoms with Gasteiger partial charge >= 0.3 is 6.03 Å². The highest BCUT2D eigenvalue weighted by atomic mass is 16.2. The summed E-state index contributed by atoms with van der Waals surface area (Å²) in [5.74, 6) is -0.183. The van der Waals surface area contributed by atoms with Crippen LogP contribution in [0.4, 0.5) is 21.9 Å². The van der Waals surface area contributed by atoms with E-state index in [1.54, 1.807) is 18.5 Å². The summed E-state index contributed by atoms with van der Waals surface area (Å²) in [4.78, 5) is 32.5. The zero-order valence-corrected chi connectivity index (χ0v) is 20.0. The second-order valence-electron chi connectivity index (χ2n) is 8.93. The average molecular weight is 480 g/mol. The molecule has 4 aromatic rings. The van der Waals surface area contributed by atoms with Gasteiger partial charge < -0.3 is 20.9 Å². The second-order valence-corrected chi connectivity index (χ2v) is 8.93. The Hall–Kier alpha value is -4.39. The molecule has 0 saturated carbocycles. The number of amides is 3. The molecule has 182 valence electrons. The van der Waals surface area contributed by atoms with E-state index in [0.29, 0.717) is 17.8 Å². The Labute approximate surface area is 210 Å². The topological polar surface area (TPSA) is 86.4 Å². The molecule has 1 aromatic heterocycles. The number of fused-ring (bicyclic) bond motifs is 1. The molecule has 3 amide bonds. The maximum absolute atomic E-state index is 13.3. The molecule has 0 aliphatic carbocycles. The minimum absolute atomic E-state index is 0.183. The van der Waals surface area contributed by atoms with E-state index >= 15 is 0 Å². The Bertz CT molecular complexity index is 1360. The number of urea groups is 1. The van der Waals surface area contributed by atoms with E-state index in [9.17, 15) is 9.59 Å². The van der Waals surface area contributed by atoms with Crippen LogP contribution in [0.15, 0.2) is 85.2 Å². The highest BCUT2D eigenvalue weighted by molar-refractivity contribution is 6.07. The summed E-state index contributed by atoms with van der Waals surface area (Å²) in [5.41, 5.74) is 3.64. The van der Waals surface area contributed by atoms with Gasteiger partial charge in [0.1, 0.15) is 0 Å². The highest BCUT2D eigenvalue weighted by Gasteiger charge is 2.20. The smallest absolute Gasteiger partial charge is 0.323 e. The van der Waals surface area contributed by atoms with Gasteiger partial charge in [0.2, 0.25) is 0 Å². The maximum Gasteiger partial charge on any atom is 0.323 e. The Balaban J connectivity index is 1.35. The molecule has 0 spiro atoms. The number of benzene rings is 3. The third-order valence-electron chi connectivity index (χ3n) is 6.41. The third kappa shape index (κ3) is 5.46. The molecule has 0 unspecified atom stereocenters. The fourth-order valence-electron chi connectivity index (χ4n) is 4.61. The first-order chi connectivity index (χ1) is 17.7. The first-order valence-electron chi connectivity index (χ1n) is 12.3. The van der Waals surface area contributed by atoms with Gasteiger partial charge in [0.05, 0.1) is 11.3 Å². The van der Waals surface area contributed by atoms with E-state index in [4.69, 9.17) is 0 Å². The van der Waals surface area contributed by atoms with Crippen molar-refractivity contribution in [3.63, 3.8) is 0 Å². The van der Waals surface area contributed by atoms with Gasteiger partial charge in [-0.25, -0.2) is 4.79 Å². The van der Waals surface area contributed by atoms with Gasteiger partial charge in [0.15, 0.2) is 0 Å². The quantitative estimate of drug-likeness (QED) is 0.326. The fourth-order valence-corrected chi connectivity index (χ4v) is 4.61. The number of anilines is 3. The van der Waals surface area contributed by atoms with E-state index in [1.807, 2.05) is 66.7 Å². The summed E-state index contributed by atoms with van der Waals surface area (Å²) in [6.07, 6.45) is 6.85. The van der Waals surface area contributed by atoms with E-state index in [-0.39, 0.29) is 11.9 Å². The molecule has 1 aliphatic heterocycles. The first kappa shape index (κ1) is 23.4. The molecular formula is C29H29N5O2. The van der Waals surface area contributed by atoms with Crippen LogP contribution in [0.5, 0.6) is 0 Å². The zero-order chi connectivity index (χ0) is 24.7. The van der Waals surface area contributed by atoms with Gasteiger partial charge in [-0.15, -0.1) is 0 Å². The van der Waals surface area contributed by atoms with Crippen LogP contribution in [0.1, 0.15) is 35.2 Å². The van der Waals surface area contributed by atoms with Crippen molar-refractivity contribution in [3.05, 3.63) is 96.3 Å². The summed E-state index contributed by atoms with van der Waals surface area (Å²) >= 11 is 0. The van der Waals surface area contributed by atoms with Crippen LogP contribution in [-0.4, -0.2) is 30.0 Å². The number of carbonyl (C=O) groups is 2. The predicted molar refractivity (Wildman–Crippen MR) is 145 cm³/mol. The molecule has 0 radical (unpaired) electrons. The fraction of sp³-hybridized carbons (Fsp3) is 0.207. The summed E-state index contributed by atoms with van der Waals surface area (Å²) in [6.45, 7) is 2.21. The van der Waals surface area contributed by atoms with E-state index in [1.165, 1.54) is 6.42 Å². The SMILES string of the molecule is O=C(Nc1ccc(N2CCCCC2)c(C(=O)NCc2cccnc2)c1)Nc1cccc2ccccc12. The van der Waals surface area contributed by atoms with Gasteiger partial charge in [0, 0.05) is 48.8 Å². The molecular weight excluding hydrogens is 450 g/mol. The van der Waals surface area contributed by atoms with Crippen molar-refractivity contribution in [1.29, 1.82) is 0 Å². The number of hydrogen-bond acceptors (Lipinski definition) is 4. The van der Waals surface area contributed by atoms with Crippen LogP contribution in [0.3, 0.4) is 0 Å². The average Bonchev–Trinajstić information content (AvgIpc) is 2.93. The molecule has 36 heavy (non-hydrogen) atoms. The molecule has 1 fully saturated rings. The lowest BCUT2D eigenvalue weighted by molar-refractivity contribution is 0.0951. The number of nitrogens with one attached hydrogen (secondary N) is 3. The van der Waals surface area contributed by atoms with Crippen molar-refractivity contribution in [2.75, 3.05) is 28.6 Å². The van der Waals surface area contributed by atoms with E-state index in [0.717, 1.165) is 53.6 Å². The summed E-state index contributed by atoms with van der Waals surface area (Å²) in [7, 11) is 0. The maximum atomic E-state index is 13.3. The lowest BCUT2D eigenvalue weighted by Crippen LogP contribution is -2.33. The summed E-state index contributed by atoms with van der Waals surface area (Å²) in [6, 6.07) is 22.6. The third-order valence-corrected chi connectivity index (χ3v) is 6.41. The van der Waals surface area contributed by atoms with Crippen LogP contribution >= 0.6 is 0 Å². The van der Waals surface area contributed by atoms with Crippen molar-refractivity contribution >= 4 is 39.8 Å². The highest BCUT2D eigenvalue weighted by Crippen LogP contribution is 2.28. The Morgan fingerprint density at radius 1 is 0.861 bits per heavy atom. The first-order valence-corrected chi connectivity index (χ1v) is 12.3. The number of hydrogen-bond donors (Lipinski definition) is 3. The zero-order valence-electron chi connectivity index (χ0n) is 20.0. The van der Waals surface area contributed by atoms with Crippen LogP contribution < -0.4 is 20.9 Å². The van der Waals surface area contributed by atoms with Crippen molar-refractivity contribution in [3.8, 4) is 0 Å². The molecule has 3 N–H and O–H groups in total. The van der Waals surface area contributed by atoms with Crippen LogP contribution in [-0.2, 0) is 6.54 Å². The number of nitrogens with zero attached hydrogens (tertiary/aromatic N) is 2. The lowest BCUT2D eigenvalue weighted by atomic mass is 10.1. The molecule has 5 rings (SSSR count). The number of rotatable bonds is 6. The number of piperidine rings is 1. The number of aromatic nitrogens is 1. The predicted octanol–water partition coefficient (Wildman–Crippen LogP) is 5.80. The van der Waals surface area contributed by atoms with Crippen molar-refractivity contribution < 1.29 is 9.59 Å². The van der Waals surface area contributed by atoms with Crippen LogP contribution in [0.25, 0.3) is 10.8 Å². The Kier molecular flexibility index (Phi) is 7.07. The minimum Gasteiger partial charge on any atom is -0.371 e. The molecule has 0 bridgehead atoms. The molecule has 7 nitrogen and oxygen atoms in total. The summed E-state index contributed by atoms with van der Waals surface area (Å²) < 4.78 is 0. The van der Waals surface area contributed by atoms with Gasteiger partial charge in [0.25, 0.3) is 5.91 Å². The Morgan fingerprint density at radius 2 is 1.69 bits per heavy atom. The van der Waals surface area contributed by atoms with Crippen molar-refractivity contribution in [1.82, 2.24) is 10.3 Å². The molecule has 7 heteroatoms. The largest absolute Gasteiger partial charge is 0.371 e. The van der Waals surface area contributed by atoms with Gasteiger partial charge in [-0.3, -0.25) is 9.78 Å². The second kappa shape index (κ2) is 10.9. The normalized spacial score (nSPS) is 13.3. The number of pyridine rings is 1. The van der Waals surface area contributed by atoms with Crippen LogP contribution in [0, 0.1) is 0 Å². The Morgan fingerprint density at radius 3 is 2.53 bits per heavy atom. The van der Waals surface area contributed by atoms with Gasteiger partial charge in [-0.05, 0) is 60.5 Å². The molecule has 2 heterocycles. The standard InChI is InChI=1S/C29H29N5O2/c35-28(31-20-21-8-7-15-30-19-21)25-18-23(13-14-27(25)34-16-4-1-5-17-34)32-29(36)33-26-12-6-10-22-9-2-3-11-24(22)26/h2-3,6-15,18-19H,1,4-5,16-17,20H2,(H,31,35)(H2,32,33,36). The van der Waals surface area contributed by atoms with Crippen LogP contribution in [0.2, 0.25) is 0 Å². The minimum atomic E-state index is -0.362. The van der Waals surface area contributed by atoms with Crippen molar-refractivity contribution in [2.24, 2.45) is 0 Å². The van der Waals surface area contributed by atoms with E-state index < -0.39 is 0 Å². The molecule has 3 aromatic carbocycles. The number of carbonyl (C=O) groups excluding carboxylic acids is 2. The summed E-state index contributed by atoms with van der Waals surface area (Å²) in [5, 5.41) is 10.8. The molecule has 1 saturated heterocycles.